The predicted octanol–water partition coefficient (Wildman–Crippen LogP) is 3.49. The van der Waals surface area contributed by atoms with Crippen molar-refractivity contribution in [2.75, 3.05) is 32.9 Å². The van der Waals surface area contributed by atoms with E-state index in [1.54, 1.807) is 0 Å². The van der Waals surface area contributed by atoms with Gasteiger partial charge in [0.2, 0.25) is 0 Å². The minimum atomic E-state index is 0.652. The molecule has 0 bridgehead atoms. The van der Waals surface area contributed by atoms with Gasteiger partial charge in [-0.3, -0.25) is 0 Å². The number of nitrogens with zero attached hydrogens (tertiary/aromatic N) is 1. The fraction of sp³-hybridized carbons (Fsp3) is 0.667. The summed E-state index contributed by atoms with van der Waals surface area (Å²) in [6.45, 7) is 9.80. The Morgan fingerprint density at radius 2 is 1.88 bits per heavy atom. The van der Waals surface area contributed by atoms with E-state index in [9.17, 15) is 0 Å². The van der Waals surface area contributed by atoms with Gasteiger partial charge in [0.15, 0.2) is 5.96 Å². The maximum Gasteiger partial charge on any atom is 0.191 e. The second-order valence-corrected chi connectivity index (χ2v) is 6.82. The van der Waals surface area contributed by atoms with Crippen LogP contribution >= 0.6 is 0 Å². The van der Waals surface area contributed by atoms with Crippen LogP contribution in [-0.2, 0) is 22.6 Å². The summed E-state index contributed by atoms with van der Waals surface area (Å²) in [5, 5.41) is 6.70. The summed E-state index contributed by atoms with van der Waals surface area (Å²) in [6.07, 6.45) is 4.73. The molecule has 5 nitrogen and oxygen atoms in total. The summed E-state index contributed by atoms with van der Waals surface area (Å²) in [7, 11) is 0. The van der Waals surface area contributed by atoms with E-state index < -0.39 is 0 Å². The van der Waals surface area contributed by atoms with Gasteiger partial charge in [0, 0.05) is 32.9 Å². The first-order chi connectivity index (χ1) is 12.8. The summed E-state index contributed by atoms with van der Waals surface area (Å²) in [6, 6.07) is 8.37. The number of ether oxygens (including phenoxy) is 2. The Balaban J connectivity index is 1.75. The van der Waals surface area contributed by atoms with E-state index in [0.717, 1.165) is 57.6 Å². The fourth-order valence-electron chi connectivity index (χ4n) is 2.60. The summed E-state index contributed by atoms with van der Waals surface area (Å²) < 4.78 is 11.4. The van der Waals surface area contributed by atoms with E-state index in [0.29, 0.717) is 13.2 Å². The van der Waals surface area contributed by atoms with Crippen LogP contribution in [0, 0.1) is 5.92 Å². The van der Waals surface area contributed by atoms with Crippen LogP contribution in [0.3, 0.4) is 0 Å². The Kier molecular flexibility index (Phi) is 10.1. The molecule has 2 rings (SSSR count). The summed E-state index contributed by atoms with van der Waals surface area (Å²) in [4.78, 5) is 4.73. The fourth-order valence-corrected chi connectivity index (χ4v) is 2.60. The molecule has 1 aromatic carbocycles. The van der Waals surface area contributed by atoms with Gasteiger partial charge < -0.3 is 20.1 Å². The third-order valence-corrected chi connectivity index (χ3v) is 4.28. The van der Waals surface area contributed by atoms with Crippen molar-refractivity contribution >= 4 is 5.96 Å². The van der Waals surface area contributed by atoms with Gasteiger partial charge in [-0.05, 0) is 49.7 Å². The van der Waals surface area contributed by atoms with Gasteiger partial charge in [-0.1, -0.05) is 31.2 Å². The molecular weight excluding hydrogens is 326 g/mol. The average Bonchev–Trinajstić information content (AvgIpc) is 3.48. The largest absolute Gasteiger partial charge is 0.381 e. The maximum absolute atomic E-state index is 5.69. The zero-order valence-electron chi connectivity index (χ0n) is 16.4. The zero-order chi connectivity index (χ0) is 18.5. The van der Waals surface area contributed by atoms with Crippen molar-refractivity contribution in [3.05, 3.63) is 35.4 Å². The average molecular weight is 362 g/mol. The molecule has 2 N–H and O–H groups in total. The number of guanidine groups is 1. The van der Waals surface area contributed by atoms with Gasteiger partial charge in [0.05, 0.1) is 13.2 Å². The predicted molar refractivity (Wildman–Crippen MR) is 107 cm³/mol. The molecule has 0 unspecified atom stereocenters. The zero-order valence-corrected chi connectivity index (χ0v) is 16.4. The minimum Gasteiger partial charge on any atom is -0.381 e. The Bertz CT molecular complexity index is 530. The SMILES string of the molecule is CCCOCc1ccccc1CN=C(NCC)NCCCOCC1CC1. The third kappa shape index (κ3) is 8.68. The van der Waals surface area contributed by atoms with Crippen molar-refractivity contribution in [3.63, 3.8) is 0 Å². The van der Waals surface area contributed by atoms with Crippen LogP contribution in [-0.4, -0.2) is 38.9 Å². The number of hydrogen-bond donors (Lipinski definition) is 2. The molecule has 0 aliphatic heterocycles. The van der Waals surface area contributed by atoms with Crippen molar-refractivity contribution in [2.45, 2.75) is 52.7 Å². The highest BCUT2D eigenvalue weighted by atomic mass is 16.5. The van der Waals surface area contributed by atoms with E-state index in [-0.39, 0.29) is 0 Å². The topological polar surface area (TPSA) is 54.9 Å². The molecule has 0 amide bonds. The molecule has 0 heterocycles. The maximum atomic E-state index is 5.69. The molecule has 1 aromatic rings. The molecule has 1 saturated carbocycles. The monoisotopic (exact) mass is 361 g/mol. The lowest BCUT2D eigenvalue weighted by Crippen LogP contribution is -2.38. The van der Waals surface area contributed by atoms with Gasteiger partial charge in [-0.15, -0.1) is 0 Å². The second kappa shape index (κ2) is 12.7. The van der Waals surface area contributed by atoms with Crippen LogP contribution in [0.4, 0.5) is 0 Å². The van der Waals surface area contributed by atoms with Crippen molar-refractivity contribution in [1.82, 2.24) is 10.6 Å². The number of rotatable bonds is 13. The van der Waals surface area contributed by atoms with E-state index in [4.69, 9.17) is 14.5 Å². The third-order valence-electron chi connectivity index (χ3n) is 4.28. The second-order valence-electron chi connectivity index (χ2n) is 6.82. The summed E-state index contributed by atoms with van der Waals surface area (Å²) >= 11 is 0. The van der Waals surface area contributed by atoms with Crippen LogP contribution in [0.2, 0.25) is 0 Å². The molecule has 1 aliphatic rings. The highest BCUT2D eigenvalue weighted by Crippen LogP contribution is 2.28. The van der Waals surface area contributed by atoms with Crippen LogP contribution in [0.25, 0.3) is 0 Å². The molecule has 0 saturated heterocycles. The first kappa shape index (κ1) is 20.7. The van der Waals surface area contributed by atoms with Gasteiger partial charge in [-0.2, -0.15) is 0 Å². The van der Waals surface area contributed by atoms with E-state index >= 15 is 0 Å². The Labute approximate surface area is 158 Å². The van der Waals surface area contributed by atoms with Crippen molar-refractivity contribution in [3.8, 4) is 0 Å². The quantitative estimate of drug-likeness (QED) is 0.321. The van der Waals surface area contributed by atoms with Crippen molar-refractivity contribution in [2.24, 2.45) is 10.9 Å². The molecule has 1 aliphatic carbocycles. The Hall–Kier alpha value is -1.59. The summed E-state index contributed by atoms with van der Waals surface area (Å²) in [5.74, 6) is 1.70. The molecule has 0 radical (unpaired) electrons. The minimum absolute atomic E-state index is 0.652. The van der Waals surface area contributed by atoms with Gasteiger partial charge >= 0.3 is 0 Å². The lowest BCUT2D eigenvalue weighted by atomic mass is 10.1. The molecule has 26 heavy (non-hydrogen) atoms. The van der Waals surface area contributed by atoms with Crippen molar-refractivity contribution < 1.29 is 9.47 Å². The normalized spacial score (nSPS) is 14.5. The van der Waals surface area contributed by atoms with Crippen LogP contribution < -0.4 is 10.6 Å². The van der Waals surface area contributed by atoms with Gasteiger partial charge in [-0.25, -0.2) is 4.99 Å². The summed E-state index contributed by atoms with van der Waals surface area (Å²) in [5.41, 5.74) is 2.43. The lowest BCUT2D eigenvalue weighted by Gasteiger charge is -2.13. The molecule has 0 aromatic heterocycles. The standard InChI is InChI=1S/C21H35N3O2/c1-3-13-25-17-20-9-6-5-8-19(20)15-24-21(22-4-2)23-12-7-14-26-16-18-10-11-18/h5-6,8-9,18H,3-4,7,10-17H2,1-2H3,(H2,22,23,24). The van der Waals surface area contributed by atoms with Crippen LogP contribution in [0.1, 0.15) is 50.7 Å². The molecule has 1 fully saturated rings. The highest BCUT2D eigenvalue weighted by molar-refractivity contribution is 5.79. The first-order valence-corrected chi connectivity index (χ1v) is 10.1. The van der Waals surface area contributed by atoms with Crippen LogP contribution in [0.15, 0.2) is 29.3 Å². The van der Waals surface area contributed by atoms with Crippen LogP contribution in [0.5, 0.6) is 0 Å². The number of hydrogen-bond acceptors (Lipinski definition) is 3. The number of nitrogens with one attached hydrogen (secondary N) is 2. The Morgan fingerprint density at radius 3 is 2.62 bits per heavy atom. The molecule has 0 atom stereocenters. The lowest BCUT2D eigenvalue weighted by molar-refractivity contribution is 0.121. The number of aliphatic imine (C=N–C) groups is 1. The number of benzene rings is 1. The van der Waals surface area contributed by atoms with Crippen molar-refractivity contribution in [1.29, 1.82) is 0 Å². The highest BCUT2D eigenvalue weighted by Gasteiger charge is 2.20. The van der Waals surface area contributed by atoms with Gasteiger partial charge in [0.1, 0.15) is 0 Å². The first-order valence-electron chi connectivity index (χ1n) is 10.1. The molecule has 0 spiro atoms. The molecular formula is C21H35N3O2. The van der Waals surface area contributed by atoms with E-state index in [2.05, 4.69) is 48.7 Å². The van der Waals surface area contributed by atoms with Gasteiger partial charge in [0.25, 0.3) is 0 Å². The smallest absolute Gasteiger partial charge is 0.191 e. The molecule has 5 heteroatoms. The Morgan fingerprint density at radius 1 is 1.08 bits per heavy atom. The van der Waals surface area contributed by atoms with E-state index in [1.807, 2.05) is 0 Å². The molecule has 146 valence electrons. The van der Waals surface area contributed by atoms with E-state index in [1.165, 1.54) is 24.0 Å².